The van der Waals surface area contributed by atoms with Gasteiger partial charge < -0.3 is 5.32 Å². The number of rotatable bonds is 7. The molecular weight excluding hydrogens is 236 g/mol. The van der Waals surface area contributed by atoms with Gasteiger partial charge >= 0.3 is 0 Å². The van der Waals surface area contributed by atoms with E-state index in [1.807, 2.05) is 0 Å². The predicted molar refractivity (Wildman–Crippen MR) is 69.1 cm³/mol. The molecule has 17 heavy (non-hydrogen) atoms. The third kappa shape index (κ3) is 4.56. The van der Waals surface area contributed by atoms with Crippen LogP contribution in [0.5, 0.6) is 0 Å². The molecule has 1 N–H and O–H groups in total. The lowest BCUT2D eigenvalue weighted by Crippen LogP contribution is -2.38. The van der Waals surface area contributed by atoms with E-state index in [1.54, 1.807) is 4.31 Å². The lowest BCUT2D eigenvalue weighted by atomic mass is 10.2. The fourth-order valence-electron chi connectivity index (χ4n) is 2.14. The molecule has 0 amide bonds. The summed E-state index contributed by atoms with van der Waals surface area (Å²) in [5.41, 5.74) is 0. The average Bonchev–Trinajstić information content (AvgIpc) is 3.14. The quantitative estimate of drug-likeness (QED) is 0.694. The van der Waals surface area contributed by atoms with Gasteiger partial charge in [-0.2, -0.15) is 0 Å². The Morgan fingerprint density at radius 1 is 1.24 bits per heavy atom. The highest BCUT2D eigenvalue weighted by Gasteiger charge is 2.23. The molecule has 0 aromatic carbocycles. The molecule has 1 aliphatic heterocycles. The number of hydrogen-bond acceptors (Lipinski definition) is 3. The fraction of sp³-hybridized carbons (Fsp3) is 0.917. The lowest BCUT2D eigenvalue weighted by Gasteiger charge is -2.25. The zero-order chi connectivity index (χ0) is 12.1. The zero-order valence-corrected chi connectivity index (χ0v) is 11.2. The Labute approximate surface area is 105 Å². The van der Waals surface area contributed by atoms with E-state index < -0.39 is 10.0 Å². The van der Waals surface area contributed by atoms with Crippen LogP contribution in [0.4, 0.5) is 0 Å². The van der Waals surface area contributed by atoms with E-state index in [-0.39, 0.29) is 0 Å². The molecule has 0 aromatic heterocycles. The fourth-order valence-corrected chi connectivity index (χ4v) is 3.68. The molecule has 2 fully saturated rings. The molecule has 1 aliphatic carbocycles. The third-order valence-corrected chi connectivity index (χ3v) is 5.40. The van der Waals surface area contributed by atoms with E-state index in [2.05, 4.69) is 11.7 Å². The van der Waals surface area contributed by atoms with Crippen molar-refractivity contribution >= 4 is 10.0 Å². The molecule has 0 atom stereocenters. The van der Waals surface area contributed by atoms with E-state index in [0.29, 0.717) is 18.8 Å². The molecule has 2 rings (SSSR count). The maximum atomic E-state index is 12.0. The summed E-state index contributed by atoms with van der Waals surface area (Å²) < 4.78 is 25.6. The van der Waals surface area contributed by atoms with Crippen LogP contribution >= 0.6 is 0 Å². The topological polar surface area (TPSA) is 49.4 Å². The monoisotopic (exact) mass is 259 g/mol. The van der Waals surface area contributed by atoms with Gasteiger partial charge in [0.25, 0.3) is 0 Å². The molecule has 0 aromatic rings. The van der Waals surface area contributed by atoms with Gasteiger partial charge in [-0.15, -0.1) is 0 Å². The summed E-state index contributed by atoms with van der Waals surface area (Å²) in [5.74, 6) is 1.16. The maximum absolute atomic E-state index is 12.0. The summed E-state index contributed by atoms with van der Waals surface area (Å²) in [7, 11) is -3.00. The summed E-state index contributed by atoms with van der Waals surface area (Å²) in [6, 6.07) is 0. The Kier molecular flexibility index (Phi) is 4.82. The first-order valence-corrected chi connectivity index (χ1v) is 8.29. The molecule has 99 valence electrons. The Hall–Kier alpha value is -0.130. The first-order chi connectivity index (χ1) is 8.18. The van der Waals surface area contributed by atoms with Gasteiger partial charge in [-0.05, 0) is 57.5 Å². The van der Waals surface area contributed by atoms with Crippen molar-refractivity contribution in [2.24, 2.45) is 5.92 Å². The van der Waals surface area contributed by atoms with Crippen LogP contribution in [0, 0.1) is 12.3 Å². The van der Waals surface area contributed by atoms with Gasteiger partial charge in [0.2, 0.25) is 10.0 Å². The summed E-state index contributed by atoms with van der Waals surface area (Å²) in [6.45, 7) is 3.25. The second-order valence-electron chi connectivity index (χ2n) is 5.08. The van der Waals surface area contributed by atoms with Crippen LogP contribution in [0.3, 0.4) is 0 Å². The van der Waals surface area contributed by atoms with E-state index in [9.17, 15) is 8.42 Å². The zero-order valence-electron chi connectivity index (χ0n) is 10.4. The van der Waals surface area contributed by atoms with Crippen LogP contribution in [0.1, 0.15) is 32.1 Å². The first-order valence-electron chi connectivity index (χ1n) is 6.69. The molecule has 1 heterocycles. The molecule has 0 bridgehead atoms. The van der Waals surface area contributed by atoms with Crippen molar-refractivity contribution in [1.29, 1.82) is 0 Å². The highest BCUT2D eigenvalue weighted by Crippen LogP contribution is 2.27. The van der Waals surface area contributed by atoms with Crippen LogP contribution in [0.2, 0.25) is 0 Å². The summed E-state index contributed by atoms with van der Waals surface area (Å²) in [5, 5.41) is 3.33. The molecule has 2 aliphatic rings. The Bertz CT molecular complexity index is 319. The van der Waals surface area contributed by atoms with Gasteiger partial charge in [-0.1, -0.05) is 0 Å². The Morgan fingerprint density at radius 3 is 2.59 bits per heavy atom. The van der Waals surface area contributed by atoms with Gasteiger partial charge in [0.1, 0.15) is 0 Å². The second kappa shape index (κ2) is 6.16. The van der Waals surface area contributed by atoms with Gasteiger partial charge in [-0.25, -0.2) is 12.7 Å². The first kappa shape index (κ1) is 13.3. The molecule has 5 heteroatoms. The molecule has 1 saturated heterocycles. The third-order valence-electron chi connectivity index (χ3n) is 3.44. The van der Waals surface area contributed by atoms with E-state index in [4.69, 9.17) is 0 Å². The Morgan fingerprint density at radius 2 is 1.94 bits per heavy atom. The van der Waals surface area contributed by atoms with E-state index in [1.165, 1.54) is 12.8 Å². The van der Waals surface area contributed by atoms with Crippen LogP contribution in [0.25, 0.3) is 0 Å². The van der Waals surface area contributed by atoms with Crippen LogP contribution in [-0.2, 0) is 10.0 Å². The SMILES string of the molecule is O=S(=O)(CCCNCC1CC1)N1CC[CH]CC1. The molecular formula is C12H23N2O2S. The highest BCUT2D eigenvalue weighted by molar-refractivity contribution is 7.89. The minimum atomic E-state index is -3.00. The Balaban J connectivity index is 1.61. The van der Waals surface area contributed by atoms with Crippen molar-refractivity contribution in [3.05, 3.63) is 6.42 Å². The number of hydrogen-bond donors (Lipinski definition) is 1. The molecule has 1 saturated carbocycles. The van der Waals surface area contributed by atoms with E-state index in [0.717, 1.165) is 38.3 Å². The maximum Gasteiger partial charge on any atom is 0.214 e. The van der Waals surface area contributed by atoms with Crippen molar-refractivity contribution in [3.63, 3.8) is 0 Å². The average molecular weight is 259 g/mol. The lowest BCUT2D eigenvalue weighted by molar-refractivity contribution is 0.383. The van der Waals surface area contributed by atoms with Crippen LogP contribution < -0.4 is 5.32 Å². The minimum Gasteiger partial charge on any atom is -0.316 e. The van der Waals surface area contributed by atoms with Crippen LogP contribution in [-0.4, -0.2) is 44.7 Å². The summed E-state index contributed by atoms with van der Waals surface area (Å²) in [4.78, 5) is 0. The normalized spacial score (nSPS) is 22.8. The van der Waals surface area contributed by atoms with Crippen molar-refractivity contribution in [1.82, 2.24) is 9.62 Å². The standard InChI is InChI=1S/C12H23N2O2S/c15-17(16,14-8-2-1-3-9-14)10-4-7-13-11-12-5-6-12/h1,12-13H,2-11H2. The van der Waals surface area contributed by atoms with Gasteiger partial charge in [0.15, 0.2) is 0 Å². The summed E-state index contributed by atoms with van der Waals surface area (Å²) in [6.07, 6.45) is 7.39. The van der Waals surface area contributed by atoms with Crippen molar-refractivity contribution in [3.8, 4) is 0 Å². The molecule has 4 nitrogen and oxygen atoms in total. The largest absolute Gasteiger partial charge is 0.316 e. The molecule has 0 unspecified atom stereocenters. The van der Waals surface area contributed by atoms with Crippen LogP contribution in [0.15, 0.2) is 0 Å². The highest BCUT2D eigenvalue weighted by atomic mass is 32.2. The van der Waals surface area contributed by atoms with E-state index >= 15 is 0 Å². The molecule has 0 spiro atoms. The summed E-state index contributed by atoms with van der Waals surface area (Å²) >= 11 is 0. The smallest absolute Gasteiger partial charge is 0.214 e. The van der Waals surface area contributed by atoms with Crippen molar-refractivity contribution < 1.29 is 8.42 Å². The predicted octanol–water partition coefficient (Wildman–Crippen LogP) is 1.01. The number of nitrogens with one attached hydrogen (secondary N) is 1. The van der Waals surface area contributed by atoms with Gasteiger partial charge in [-0.3, -0.25) is 0 Å². The van der Waals surface area contributed by atoms with Crippen molar-refractivity contribution in [2.45, 2.75) is 32.1 Å². The van der Waals surface area contributed by atoms with Crippen molar-refractivity contribution in [2.75, 3.05) is 31.9 Å². The molecule has 1 radical (unpaired) electrons. The van der Waals surface area contributed by atoms with Gasteiger partial charge in [0.05, 0.1) is 5.75 Å². The number of piperidine rings is 1. The second-order valence-corrected chi connectivity index (χ2v) is 7.17. The minimum absolute atomic E-state index is 0.296. The van der Waals surface area contributed by atoms with Gasteiger partial charge in [0, 0.05) is 13.1 Å². The number of nitrogens with zero attached hydrogens (tertiary/aromatic N) is 1. The number of sulfonamides is 1.